The highest BCUT2D eigenvalue weighted by molar-refractivity contribution is 5.80. The average Bonchev–Trinajstić information content (AvgIpc) is 3.46. The molecule has 4 heterocycles. The largest absolute Gasteiger partial charge is 0.453 e. The Hall–Kier alpha value is -3.70. The lowest BCUT2D eigenvalue weighted by atomic mass is 9.94. The number of carbonyl (C=O) groups excluding carboxylic acids is 1. The highest BCUT2D eigenvalue weighted by Crippen LogP contribution is 2.29. The Morgan fingerprint density at radius 1 is 1.11 bits per heavy atom. The Labute approximate surface area is 198 Å². The van der Waals surface area contributed by atoms with E-state index in [9.17, 15) is 18.0 Å². The molecule has 1 atom stereocenters. The maximum Gasteiger partial charge on any atom is 0.453 e. The lowest BCUT2D eigenvalue weighted by molar-refractivity contribution is -0.146. The molecule has 1 aliphatic heterocycles. The molecule has 1 unspecified atom stereocenters. The van der Waals surface area contributed by atoms with Gasteiger partial charge in [0, 0.05) is 19.0 Å². The first-order chi connectivity index (χ1) is 16.7. The van der Waals surface area contributed by atoms with E-state index in [1.165, 1.54) is 6.07 Å². The number of piperidine rings is 1. The number of para-hydroxylation sites is 2. The fraction of sp³-hybridized carbons (Fsp3) is 0.435. The summed E-state index contributed by atoms with van der Waals surface area (Å²) in [5.41, 5.74) is 1.80. The molecule has 0 bridgehead atoms. The van der Waals surface area contributed by atoms with E-state index in [-0.39, 0.29) is 29.4 Å². The zero-order valence-electron chi connectivity index (χ0n) is 19.3. The van der Waals surface area contributed by atoms with E-state index in [1.54, 1.807) is 6.07 Å². The summed E-state index contributed by atoms with van der Waals surface area (Å²) in [6.45, 7) is 5.06. The number of nitrogens with one attached hydrogen (secondary N) is 2. The van der Waals surface area contributed by atoms with E-state index in [0.29, 0.717) is 36.3 Å². The van der Waals surface area contributed by atoms with Gasteiger partial charge in [-0.3, -0.25) is 4.79 Å². The van der Waals surface area contributed by atoms with Crippen molar-refractivity contribution in [3.8, 4) is 0 Å². The van der Waals surface area contributed by atoms with Gasteiger partial charge in [0.25, 0.3) is 5.82 Å². The third-order valence-corrected chi connectivity index (χ3v) is 6.36. The fourth-order valence-corrected chi connectivity index (χ4v) is 4.44. The van der Waals surface area contributed by atoms with E-state index >= 15 is 0 Å². The third kappa shape index (κ3) is 4.52. The Morgan fingerprint density at radius 2 is 1.86 bits per heavy atom. The molecule has 184 valence electrons. The summed E-state index contributed by atoms with van der Waals surface area (Å²) in [7, 11) is 0. The van der Waals surface area contributed by atoms with Crippen LogP contribution in [0.5, 0.6) is 0 Å². The summed E-state index contributed by atoms with van der Waals surface area (Å²) in [5.74, 6) is -0.175. The predicted molar refractivity (Wildman–Crippen MR) is 123 cm³/mol. The zero-order valence-corrected chi connectivity index (χ0v) is 19.3. The number of amides is 1. The number of imidazole rings is 1. The molecule has 0 aliphatic carbocycles. The summed E-state index contributed by atoms with van der Waals surface area (Å²) in [6, 6.07) is 10.6. The van der Waals surface area contributed by atoms with Crippen molar-refractivity contribution in [3.05, 3.63) is 48.0 Å². The molecule has 9 nitrogen and oxygen atoms in total. The van der Waals surface area contributed by atoms with Crippen LogP contribution in [0.4, 0.5) is 19.0 Å². The second-order valence-electron chi connectivity index (χ2n) is 9.11. The second-order valence-corrected chi connectivity index (χ2v) is 9.11. The van der Waals surface area contributed by atoms with E-state index < -0.39 is 12.0 Å². The molecule has 5 rings (SSSR count). The van der Waals surface area contributed by atoms with Gasteiger partial charge in [0.2, 0.25) is 5.91 Å². The number of rotatable bonds is 5. The molecule has 1 saturated heterocycles. The molecule has 0 spiro atoms. The molecule has 0 saturated carbocycles. The van der Waals surface area contributed by atoms with Crippen LogP contribution in [-0.4, -0.2) is 48.8 Å². The highest BCUT2D eigenvalue weighted by Gasteiger charge is 2.38. The van der Waals surface area contributed by atoms with Crippen molar-refractivity contribution in [3.63, 3.8) is 0 Å². The standard InChI is InChI=1S/C23H25F3N8O/c1-13(2)19(20-27-15-5-3-4-6-16(15)28-20)29-21(35)14-9-11-33(12-10-14)18-8-7-17-30-31-22(23(24,25)26)34(17)32-18/h3-8,13-14,19H,9-12H2,1-2H3,(H,27,28)(H,29,35). The lowest BCUT2D eigenvalue weighted by Gasteiger charge is -2.33. The summed E-state index contributed by atoms with van der Waals surface area (Å²) in [4.78, 5) is 22.9. The van der Waals surface area contributed by atoms with Gasteiger partial charge in [-0.05, 0) is 43.0 Å². The molecular weight excluding hydrogens is 461 g/mol. The number of hydrogen-bond donors (Lipinski definition) is 2. The number of aromatic amines is 1. The molecule has 3 aromatic heterocycles. The van der Waals surface area contributed by atoms with Crippen LogP contribution in [-0.2, 0) is 11.0 Å². The van der Waals surface area contributed by atoms with Crippen molar-refractivity contribution in [2.45, 2.75) is 38.9 Å². The number of fused-ring (bicyclic) bond motifs is 2. The van der Waals surface area contributed by atoms with Crippen LogP contribution >= 0.6 is 0 Å². The molecule has 35 heavy (non-hydrogen) atoms. The first kappa shape index (κ1) is 23.1. The molecular formula is C23H25F3N8O. The number of H-pyrrole nitrogens is 1. The quantitative estimate of drug-likeness (QED) is 0.445. The number of carbonyl (C=O) groups is 1. The topological polar surface area (TPSA) is 104 Å². The van der Waals surface area contributed by atoms with Crippen LogP contribution in [0, 0.1) is 11.8 Å². The summed E-state index contributed by atoms with van der Waals surface area (Å²) in [5, 5.41) is 14.0. The second kappa shape index (κ2) is 8.82. The Bertz CT molecular complexity index is 1320. The van der Waals surface area contributed by atoms with Crippen LogP contribution in [0.25, 0.3) is 16.7 Å². The number of aromatic nitrogens is 6. The van der Waals surface area contributed by atoms with E-state index in [2.05, 4.69) is 30.6 Å². The van der Waals surface area contributed by atoms with E-state index in [4.69, 9.17) is 0 Å². The van der Waals surface area contributed by atoms with Crippen LogP contribution in [0.3, 0.4) is 0 Å². The average molecular weight is 487 g/mol. The van der Waals surface area contributed by atoms with Crippen molar-refractivity contribution in [2.24, 2.45) is 11.8 Å². The SMILES string of the molecule is CC(C)C(NC(=O)C1CCN(c2ccc3nnc(C(F)(F)F)n3n2)CC1)c1nc2ccccc2[nH]1. The molecule has 1 amide bonds. The first-order valence-corrected chi connectivity index (χ1v) is 11.5. The Balaban J connectivity index is 1.26. The molecule has 4 aromatic rings. The summed E-state index contributed by atoms with van der Waals surface area (Å²) < 4.78 is 40.3. The number of nitrogens with zero attached hydrogens (tertiary/aromatic N) is 6. The Morgan fingerprint density at radius 3 is 2.54 bits per heavy atom. The molecule has 2 N–H and O–H groups in total. The number of benzene rings is 1. The van der Waals surface area contributed by atoms with E-state index in [1.807, 2.05) is 43.0 Å². The van der Waals surface area contributed by atoms with Crippen molar-refractivity contribution < 1.29 is 18.0 Å². The molecule has 1 fully saturated rings. The highest BCUT2D eigenvalue weighted by atomic mass is 19.4. The van der Waals surface area contributed by atoms with Gasteiger partial charge in [0.05, 0.1) is 17.1 Å². The number of alkyl halides is 3. The van der Waals surface area contributed by atoms with Crippen LogP contribution in [0.2, 0.25) is 0 Å². The fourth-order valence-electron chi connectivity index (χ4n) is 4.44. The minimum absolute atomic E-state index is 0.0284. The predicted octanol–water partition coefficient (Wildman–Crippen LogP) is 3.75. The monoisotopic (exact) mass is 486 g/mol. The maximum atomic E-state index is 13.2. The van der Waals surface area contributed by atoms with Gasteiger partial charge in [-0.1, -0.05) is 26.0 Å². The minimum atomic E-state index is -4.65. The smallest absolute Gasteiger partial charge is 0.355 e. The summed E-state index contributed by atoms with van der Waals surface area (Å²) >= 11 is 0. The van der Waals surface area contributed by atoms with Crippen molar-refractivity contribution in [1.29, 1.82) is 0 Å². The van der Waals surface area contributed by atoms with Crippen LogP contribution < -0.4 is 10.2 Å². The van der Waals surface area contributed by atoms with Crippen molar-refractivity contribution in [2.75, 3.05) is 18.0 Å². The number of hydrogen-bond acceptors (Lipinski definition) is 6. The van der Waals surface area contributed by atoms with Gasteiger partial charge in [0.1, 0.15) is 11.6 Å². The van der Waals surface area contributed by atoms with Crippen LogP contribution in [0.1, 0.15) is 44.4 Å². The Kier molecular flexibility index (Phi) is 5.81. The minimum Gasteiger partial charge on any atom is -0.355 e. The van der Waals surface area contributed by atoms with E-state index in [0.717, 1.165) is 16.9 Å². The van der Waals surface area contributed by atoms with Gasteiger partial charge in [-0.25, -0.2) is 4.98 Å². The molecule has 0 radical (unpaired) electrons. The summed E-state index contributed by atoms with van der Waals surface area (Å²) in [6.07, 6.45) is -3.53. The number of halogens is 3. The first-order valence-electron chi connectivity index (χ1n) is 11.5. The van der Waals surface area contributed by atoms with Gasteiger partial charge in [0.15, 0.2) is 5.65 Å². The van der Waals surface area contributed by atoms with Gasteiger partial charge < -0.3 is 15.2 Å². The molecule has 1 aliphatic rings. The maximum absolute atomic E-state index is 13.2. The third-order valence-electron chi connectivity index (χ3n) is 6.36. The normalized spacial score (nSPS) is 16.3. The van der Waals surface area contributed by atoms with Gasteiger partial charge in [-0.15, -0.1) is 15.3 Å². The van der Waals surface area contributed by atoms with Crippen molar-refractivity contribution >= 4 is 28.4 Å². The van der Waals surface area contributed by atoms with Gasteiger partial charge >= 0.3 is 6.18 Å². The number of anilines is 1. The molecule has 12 heteroatoms. The lowest BCUT2D eigenvalue weighted by Crippen LogP contribution is -2.43. The zero-order chi connectivity index (χ0) is 24.7. The van der Waals surface area contributed by atoms with Gasteiger partial charge in [-0.2, -0.15) is 17.7 Å². The van der Waals surface area contributed by atoms with Crippen LogP contribution in [0.15, 0.2) is 36.4 Å². The molecule has 1 aromatic carbocycles. The van der Waals surface area contributed by atoms with Crippen molar-refractivity contribution in [1.82, 2.24) is 35.1 Å².